The van der Waals surface area contributed by atoms with Crippen molar-refractivity contribution in [3.05, 3.63) is 0 Å². The van der Waals surface area contributed by atoms with Gasteiger partial charge in [-0.05, 0) is 12.8 Å². The first kappa shape index (κ1) is 15.9. The number of nitrogens with one attached hydrogen (secondary N) is 1. The molecular formula is C11H19N3O2S. The number of hydrogen-bond donors (Lipinski definition) is 1. The SMILES string of the molecule is CCCCCC(C#N)S(=O)(=O)NCCCC#N. The van der Waals surface area contributed by atoms with Crippen molar-refractivity contribution in [1.82, 2.24) is 4.72 Å². The molecule has 0 aromatic rings. The van der Waals surface area contributed by atoms with Gasteiger partial charge < -0.3 is 0 Å². The molecule has 0 aromatic heterocycles. The number of unbranched alkanes of at least 4 members (excludes halogenated alkanes) is 3. The molecule has 1 atom stereocenters. The largest absolute Gasteiger partial charge is 0.227 e. The molecule has 5 nitrogen and oxygen atoms in total. The Balaban J connectivity index is 4.16. The van der Waals surface area contributed by atoms with E-state index in [1.807, 2.05) is 19.1 Å². The Bertz CT molecular complexity index is 379. The van der Waals surface area contributed by atoms with Crippen LogP contribution in [0.3, 0.4) is 0 Å². The van der Waals surface area contributed by atoms with E-state index in [1.165, 1.54) is 0 Å². The van der Waals surface area contributed by atoms with E-state index in [4.69, 9.17) is 10.5 Å². The quantitative estimate of drug-likeness (QED) is 0.636. The van der Waals surface area contributed by atoms with Gasteiger partial charge >= 0.3 is 0 Å². The van der Waals surface area contributed by atoms with Crippen LogP contribution in [0.25, 0.3) is 0 Å². The summed E-state index contributed by atoms with van der Waals surface area (Å²) in [7, 11) is -3.55. The van der Waals surface area contributed by atoms with E-state index in [2.05, 4.69) is 4.72 Å². The van der Waals surface area contributed by atoms with Gasteiger partial charge in [0.2, 0.25) is 10.0 Å². The van der Waals surface area contributed by atoms with E-state index >= 15 is 0 Å². The highest BCUT2D eigenvalue weighted by Gasteiger charge is 2.23. The molecule has 6 heteroatoms. The topological polar surface area (TPSA) is 93.8 Å². The second-order valence-electron chi connectivity index (χ2n) is 3.81. The summed E-state index contributed by atoms with van der Waals surface area (Å²) < 4.78 is 25.8. The highest BCUT2D eigenvalue weighted by molar-refractivity contribution is 7.90. The average molecular weight is 257 g/mol. The number of rotatable bonds is 9. The molecule has 17 heavy (non-hydrogen) atoms. The Morgan fingerprint density at radius 2 is 1.94 bits per heavy atom. The van der Waals surface area contributed by atoms with Crippen molar-refractivity contribution in [3.63, 3.8) is 0 Å². The molecule has 0 fully saturated rings. The van der Waals surface area contributed by atoms with Crippen LogP contribution < -0.4 is 4.72 Å². The zero-order valence-electron chi connectivity index (χ0n) is 10.1. The fourth-order valence-electron chi connectivity index (χ4n) is 1.35. The van der Waals surface area contributed by atoms with Gasteiger partial charge in [0.15, 0.2) is 5.25 Å². The van der Waals surface area contributed by atoms with Crippen molar-refractivity contribution in [2.75, 3.05) is 6.54 Å². The normalized spacial score (nSPS) is 12.6. The molecule has 0 rings (SSSR count). The second kappa shape index (κ2) is 8.98. The number of nitriles is 2. The third-order valence-electron chi connectivity index (χ3n) is 2.36. The highest BCUT2D eigenvalue weighted by atomic mass is 32.2. The maximum absolute atomic E-state index is 11.7. The third-order valence-corrected chi connectivity index (χ3v) is 4.05. The zero-order valence-corrected chi connectivity index (χ0v) is 11.0. The molecule has 0 aliphatic heterocycles. The maximum Gasteiger partial charge on any atom is 0.227 e. The predicted octanol–water partition coefficient (Wildman–Crippen LogP) is 1.68. The van der Waals surface area contributed by atoms with Crippen molar-refractivity contribution >= 4 is 10.0 Å². The average Bonchev–Trinajstić information content (AvgIpc) is 2.30. The first-order chi connectivity index (χ1) is 8.08. The smallest absolute Gasteiger partial charge is 0.214 e. The summed E-state index contributed by atoms with van der Waals surface area (Å²) >= 11 is 0. The molecule has 0 saturated heterocycles. The molecule has 1 unspecified atom stereocenters. The molecule has 0 bridgehead atoms. The van der Waals surface area contributed by atoms with Gasteiger partial charge in [0.05, 0.1) is 12.1 Å². The van der Waals surface area contributed by atoms with E-state index in [-0.39, 0.29) is 6.54 Å². The van der Waals surface area contributed by atoms with E-state index in [0.717, 1.165) is 19.3 Å². The molecule has 1 N–H and O–H groups in total. The van der Waals surface area contributed by atoms with Gasteiger partial charge in [0.1, 0.15) is 0 Å². The summed E-state index contributed by atoms with van der Waals surface area (Å²) in [5, 5.41) is 16.2. The van der Waals surface area contributed by atoms with Crippen molar-refractivity contribution in [1.29, 1.82) is 10.5 Å². The zero-order chi connectivity index (χ0) is 13.1. The standard InChI is InChI=1S/C11H19N3O2S/c1-2-3-4-7-11(10-13)17(15,16)14-9-6-5-8-12/h11,14H,2-7,9H2,1H3. The van der Waals surface area contributed by atoms with Crippen molar-refractivity contribution in [2.24, 2.45) is 0 Å². The van der Waals surface area contributed by atoms with Crippen LogP contribution in [-0.2, 0) is 10.0 Å². The Kier molecular flexibility index (Phi) is 8.39. The molecule has 0 amide bonds. The van der Waals surface area contributed by atoms with Crippen LogP contribution in [0, 0.1) is 22.7 Å². The monoisotopic (exact) mass is 257 g/mol. The lowest BCUT2D eigenvalue weighted by Crippen LogP contribution is -2.34. The Morgan fingerprint density at radius 1 is 1.24 bits per heavy atom. The fraction of sp³-hybridized carbons (Fsp3) is 0.818. The van der Waals surface area contributed by atoms with Crippen LogP contribution in [-0.4, -0.2) is 20.2 Å². The van der Waals surface area contributed by atoms with E-state index in [0.29, 0.717) is 19.3 Å². The molecule has 0 aliphatic rings. The lowest BCUT2D eigenvalue weighted by atomic mass is 10.2. The van der Waals surface area contributed by atoms with Gasteiger partial charge in [-0.25, -0.2) is 13.1 Å². The fourth-order valence-corrected chi connectivity index (χ4v) is 2.60. The first-order valence-corrected chi connectivity index (χ1v) is 7.38. The molecule has 0 saturated carbocycles. The molecule has 96 valence electrons. The number of nitrogens with zero attached hydrogens (tertiary/aromatic N) is 2. The molecule has 0 aliphatic carbocycles. The van der Waals surface area contributed by atoms with Crippen LogP contribution in [0.2, 0.25) is 0 Å². The van der Waals surface area contributed by atoms with Crippen LogP contribution in [0.4, 0.5) is 0 Å². The number of hydrogen-bond acceptors (Lipinski definition) is 4. The Morgan fingerprint density at radius 3 is 2.47 bits per heavy atom. The first-order valence-electron chi connectivity index (χ1n) is 5.83. The Hall–Kier alpha value is -1.11. The van der Waals surface area contributed by atoms with Gasteiger partial charge in [-0.1, -0.05) is 26.2 Å². The van der Waals surface area contributed by atoms with Gasteiger partial charge in [0.25, 0.3) is 0 Å². The van der Waals surface area contributed by atoms with Gasteiger partial charge in [-0.15, -0.1) is 0 Å². The highest BCUT2D eigenvalue weighted by Crippen LogP contribution is 2.09. The summed E-state index contributed by atoms with van der Waals surface area (Å²) in [6.45, 7) is 2.25. The van der Waals surface area contributed by atoms with E-state index < -0.39 is 15.3 Å². The van der Waals surface area contributed by atoms with Gasteiger partial charge in [0, 0.05) is 13.0 Å². The van der Waals surface area contributed by atoms with Crippen LogP contribution in [0.5, 0.6) is 0 Å². The lowest BCUT2D eigenvalue weighted by Gasteiger charge is -2.11. The van der Waals surface area contributed by atoms with Crippen LogP contribution in [0.1, 0.15) is 45.4 Å². The predicted molar refractivity (Wildman–Crippen MR) is 65.3 cm³/mol. The van der Waals surface area contributed by atoms with Crippen LogP contribution in [0.15, 0.2) is 0 Å². The lowest BCUT2D eigenvalue weighted by molar-refractivity contribution is 0.562. The minimum Gasteiger partial charge on any atom is -0.214 e. The van der Waals surface area contributed by atoms with E-state index in [9.17, 15) is 8.42 Å². The van der Waals surface area contributed by atoms with E-state index in [1.54, 1.807) is 0 Å². The molecule has 0 heterocycles. The summed E-state index contributed by atoms with van der Waals surface area (Å²) in [6, 6.07) is 3.77. The van der Waals surface area contributed by atoms with Crippen molar-refractivity contribution in [3.8, 4) is 12.1 Å². The van der Waals surface area contributed by atoms with Gasteiger partial charge in [-0.2, -0.15) is 10.5 Å². The third kappa shape index (κ3) is 6.93. The molecule has 0 aromatic carbocycles. The summed E-state index contributed by atoms with van der Waals surface area (Å²) in [5.74, 6) is 0. The van der Waals surface area contributed by atoms with Gasteiger partial charge in [-0.3, -0.25) is 0 Å². The van der Waals surface area contributed by atoms with Crippen molar-refractivity contribution in [2.45, 2.75) is 50.7 Å². The summed E-state index contributed by atoms with van der Waals surface area (Å²) in [4.78, 5) is 0. The minimum absolute atomic E-state index is 0.224. The summed E-state index contributed by atoms with van der Waals surface area (Å²) in [5.41, 5.74) is 0. The minimum atomic E-state index is -3.55. The maximum atomic E-state index is 11.7. The molecular weight excluding hydrogens is 238 g/mol. The number of sulfonamides is 1. The molecule has 0 radical (unpaired) electrons. The second-order valence-corrected chi connectivity index (χ2v) is 5.76. The van der Waals surface area contributed by atoms with Crippen molar-refractivity contribution < 1.29 is 8.42 Å². The Labute approximate surface area is 103 Å². The summed E-state index contributed by atoms with van der Waals surface area (Å²) in [6.07, 6.45) is 3.83. The van der Waals surface area contributed by atoms with Crippen LogP contribution >= 0.6 is 0 Å². The molecule has 0 spiro atoms.